The highest BCUT2D eigenvalue weighted by Crippen LogP contribution is 2.41. The van der Waals surface area contributed by atoms with E-state index in [1.54, 1.807) is 0 Å². The maximum absolute atomic E-state index is 12.6. The van der Waals surface area contributed by atoms with Gasteiger partial charge >= 0.3 is 5.63 Å². The zero-order valence-electron chi connectivity index (χ0n) is 18.5. The predicted molar refractivity (Wildman–Crippen MR) is 120 cm³/mol. The van der Waals surface area contributed by atoms with Gasteiger partial charge in [-0.05, 0) is 79.9 Å². The van der Waals surface area contributed by atoms with Gasteiger partial charge in [0.05, 0.1) is 5.39 Å². The molecule has 1 heterocycles. The Balaban J connectivity index is 2.18. The molecule has 0 atom stereocenters. The summed E-state index contributed by atoms with van der Waals surface area (Å²) in [5.41, 5.74) is 3.83. The van der Waals surface area contributed by atoms with Crippen LogP contribution in [-0.2, 0) is 19.3 Å². The van der Waals surface area contributed by atoms with E-state index in [1.807, 2.05) is 0 Å². The minimum atomic E-state index is -2.00. The van der Waals surface area contributed by atoms with Crippen molar-refractivity contribution in [2.24, 2.45) is 0 Å². The molecule has 2 aromatic rings. The Morgan fingerprint density at radius 2 is 1.75 bits per heavy atom. The van der Waals surface area contributed by atoms with Gasteiger partial charge in [0.25, 0.3) is 8.32 Å². The van der Waals surface area contributed by atoms with Gasteiger partial charge in [0, 0.05) is 5.56 Å². The molecule has 1 aromatic heterocycles. The molecule has 1 aliphatic carbocycles. The summed E-state index contributed by atoms with van der Waals surface area (Å²) in [6.45, 7) is 13.6. The van der Waals surface area contributed by atoms with Crippen molar-refractivity contribution in [1.82, 2.24) is 0 Å². The summed E-state index contributed by atoms with van der Waals surface area (Å²) in [7, 11) is -2.00. The quantitative estimate of drug-likeness (QED) is 0.304. The van der Waals surface area contributed by atoms with Crippen LogP contribution in [0.5, 0.6) is 5.75 Å². The fourth-order valence-corrected chi connectivity index (χ4v) is 4.84. The normalized spacial score (nSPS) is 14.9. The molecule has 154 valence electrons. The average Bonchev–Trinajstić information content (AvgIpc) is 2.60. The standard InChI is InChI=1S/C24H36O3Si/c1-7-8-9-12-17-15-20-22(18-13-10-11-14-19(18)23(25)26-20)21(16-17)27-28(5,6)24(2,3)4/h15-16H,7-14H2,1-6H3. The Morgan fingerprint density at radius 3 is 2.39 bits per heavy atom. The van der Waals surface area contributed by atoms with Crippen LogP contribution >= 0.6 is 0 Å². The molecule has 3 nitrogen and oxygen atoms in total. The fourth-order valence-electron chi connectivity index (χ4n) is 3.82. The summed E-state index contributed by atoms with van der Waals surface area (Å²) in [5.74, 6) is 0.942. The van der Waals surface area contributed by atoms with E-state index in [0.29, 0.717) is 5.58 Å². The first kappa shape index (κ1) is 21.2. The van der Waals surface area contributed by atoms with E-state index < -0.39 is 8.32 Å². The lowest BCUT2D eigenvalue weighted by Crippen LogP contribution is -2.44. The number of hydrogen-bond acceptors (Lipinski definition) is 3. The van der Waals surface area contributed by atoms with Crippen LogP contribution in [0.15, 0.2) is 21.3 Å². The molecular weight excluding hydrogens is 364 g/mol. The van der Waals surface area contributed by atoms with Gasteiger partial charge in [0.1, 0.15) is 11.3 Å². The van der Waals surface area contributed by atoms with Gasteiger partial charge in [-0.1, -0.05) is 40.5 Å². The lowest BCUT2D eigenvalue weighted by atomic mass is 9.89. The summed E-state index contributed by atoms with van der Waals surface area (Å²) >= 11 is 0. The average molecular weight is 401 g/mol. The van der Waals surface area contributed by atoms with Gasteiger partial charge in [-0.25, -0.2) is 4.79 Å². The first-order valence-electron chi connectivity index (χ1n) is 10.9. The number of fused-ring (bicyclic) bond motifs is 3. The molecule has 0 saturated carbocycles. The molecule has 0 bridgehead atoms. The van der Waals surface area contributed by atoms with Crippen LogP contribution in [0.25, 0.3) is 11.0 Å². The second kappa shape index (κ2) is 8.06. The van der Waals surface area contributed by atoms with Crippen molar-refractivity contribution >= 4 is 19.3 Å². The Bertz CT molecular complexity index is 903. The van der Waals surface area contributed by atoms with Crippen LogP contribution in [0.1, 0.15) is 76.5 Å². The third-order valence-corrected chi connectivity index (χ3v) is 10.9. The van der Waals surface area contributed by atoms with Gasteiger partial charge in [-0.2, -0.15) is 0 Å². The molecule has 28 heavy (non-hydrogen) atoms. The highest BCUT2D eigenvalue weighted by Gasteiger charge is 2.39. The molecule has 0 unspecified atom stereocenters. The zero-order valence-corrected chi connectivity index (χ0v) is 19.5. The van der Waals surface area contributed by atoms with E-state index in [-0.39, 0.29) is 10.7 Å². The second-order valence-electron chi connectivity index (χ2n) is 9.84. The van der Waals surface area contributed by atoms with Gasteiger partial charge in [-0.15, -0.1) is 0 Å². The molecule has 4 heteroatoms. The van der Waals surface area contributed by atoms with E-state index >= 15 is 0 Å². The van der Waals surface area contributed by atoms with E-state index in [2.05, 4.69) is 52.9 Å². The third-order valence-electron chi connectivity index (χ3n) is 6.58. The summed E-state index contributed by atoms with van der Waals surface area (Å²) in [4.78, 5) is 12.6. The topological polar surface area (TPSA) is 39.4 Å². The molecule has 0 amide bonds. The third kappa shape index (κ3) is 4.22. The largest absolute Gasteiger partial charge is 0.543 e. The monoisotopic (exact) mass is 400 g/mol. The fraction of sp³-hybridized carbons (Fsp3) is 0.625. The minimum absolute atomic E-state index is 0.118. The first-order chi connectivity index (χ1) is 13.1. The van der Waals surface area contributed by atoms with E-state index in [0.717, 1.165) is 55.2 Å². The van der Waals surface area contributed by atoms with Gasteiger partial charge in [0.15, 0.2) is 0 Å². The maximum atomic E-state index is 12.6. The molecule has 0 saturated heterocycles. The van der Waals surface area contributed by atoms with Crippen molar-refractivity contribution in [3.63, 3.8) is 0 Å². The Kier molecular flexibility index (Phi) is 6.09. The second-order valence-corrected chi connectivity index (χ2v) is 14.6. The van der Waals surface area contributed by atoms with Crippen LogP contribution in [0.2, 0.25) is 18.1 Å². The number of rotatable bonds is 6. The van der Waals surface area contributed by atoms with Crippen molar-refractivity contribution in [2.75, 3.05) is 0 Å². The number of unbranched alkanes of at least 4 members (excludes halogenated alkanes) is 2. The van der Waals surface area contributed by atoms with Crippen molar-refractivity contribution in [3.8, 4) is 5.75 Å². The number of hydrogen-bond donors (Lipinski definition) is 0. The summed E-state index contributed by atoms with van der Waals surface area (Å²) in [6, 6.07) is 4.31. The minimum Gasteiger partial charge on any atom is -0.543 e. The van der Waals surface area contributed by atoms with Crippen LogP contribution in [-0.4, -0.2) is 8.32 Å². The smallest absolute Gasteiger partial charge is 0.339 e. The summed E-state index contributed by atoms with van der Waals surface area (Å²) < 4.78 is 12.6. The van der Waals surface area contributed by atoms with Crippen molar-refractivity contribution in [3.05, 3.63) is 39.2 Å². The van der Waals surface area contributed by atoms with Crippen molar-refractivity contribution in [1.29, 1.82) is 0 Å². The van der Waals surface area contributed by atoms with E-state index in [1.165, 1.54) is 24.0 Å². The summed E-state index contributed by atoms with van der Waals surface area (Å²) in [5, 5.41) is 1.17. The van der Waals surface area contributed by atoms with Crippen molar-refractivity contribution in [2.45, 2.75) is 97.2 Å². The highest BCUT2D eigenvalue weighted by molar-refractivity contribution is 6.74. The van der Waals surface area contributed by atoms with Crippen LogP contribution in [0.4, 0.5) is 0 Å². The lowest BCUT2D eigenvalue weighted by Gasteiger charge is -2.37. The Morgan fingerprint density at radius 1 is 1.07 bits per heavy atom. The molecule has 0 fully saturated rings. The van der Waals surface area contributed by atoms with Crippen LogP contribution < -0.4 is 10.1 Å². The zero-order chi connectivity index (χ0) is 20.5. The molecule has 0 N–H and O–H groups in total. The SMILES string of the molecule is CCCCCc1cc(O[Si](C)(C)C(C)(C)C)c2c3c(c(=O)oc2c1)CCCC3. The molecule has 3 rings (SSSR count). The molecule has 1 aliphatic rings. The molecular formula is C24H36O3Si. The number of aryl methyl sites for hydroxylation is 2. The maximum Gasteiger partial charge on any atom is 0.339 e. The van der Waals surface area contributed by atoms with E-state index in [4.69, 9.17) is 8.84 Å². The first-order valence-corrected chi connectivity index (χ1v) is 13.9. The van der Waals surface area contributed by atoms with Gasteiger partial charge in [-0.3, -0.25) is 0 Å². The summed E-state index contributed by atoms with van der Waals surface area (Å²) in [6.07, 6.45) is 8.52. The van der Waals surface area contributed by atoms with Gasteiger partial charge < -0.3 is 8.84 Å². The van der Waals surface area contributed by atoms with Crippen molar-refractivity contribution < 1.29 is 8.84 Å². The lowest BCUT2D eigenvalue weighted by molar-refractivity contribution is 0.490. The Labute approximate surface area is 170 Å². The van der Waals surface area contributed by atoms with Crippen LogP contribution in [0, 0.1) is 0 Å². The molecule has 1 aromatic carbocycles. The predicted octanol–water partition coefficient (Wildman–Crippen LogP) is 6.79. The van der Waals surface area contributed by atoms with Crippen LogP contribution in [0.3, 0.4) is 0 Å². The Hall–Kier alpha value is -1.55. The van der Waals surface area contributed by atoms with E-state index in [9.17, 15) is 4.79 Å². The van der Waals surface area contributed by atoms with Gasteiger partial charge in [0.2, 0.25) is 0 Å². The number of benzene rings is 1. The molecule has 0 spiro atoms. The molecule has 0 radical (unpaired) electrons. The highest BCUT2D eigenvalue weighted by atomic mass is 28.4. The molecule has 0 aliphatic heterocycles.